The summed E-state index contributed by atoms with van der Waals surface area (Å²) in [6.45, 7) is 6.11. The lowest BCUT2D eigenvalue weighted by Gasteiger charge is -2.16. The van der Waals surface area contributed by atoms with Crippen LogP contribution in [0.4, 0.5) is 4.79 Å². The number of aryl methyl sites for hydroxylation is 1. The summed E-state index contributed by atoms with van der Waals surface area (Å²) in [5.41, 5.74) is 2.06. The van der Waals surface area contributed by atoms with Crippen molar-refractivity contribution in [3.63, 3.8) is 0 Å². The molecule has 0 saturated carbocycles. The maximum absolute atomic E-state index is 10.5. The summed E-state index contributed by atoms with van der Waals surface area (Å²) in [4.78, 5) is 10.5. The van der Waals surface area contributed by atoms with Crippen LogP contribution in [0, 0.1) is 6.92 Å². The van der Waals surface area contributed by atoms with Gasteiger partial charge < -0.3 is 9.84 Å². The van der Waals surface area contributed by atoms with E-state index in [2.05, 4.69) is 13.8 Å². The highest BCUT2D eigenvalue weighted by Crippen LogP contribution is 2.31. The van der Waals surface area contributed by atoms with E-state index in [1.165, 1.54) is 0 Å². The molecule has 0 heterocycles. The lowest BCUT2D eigenvalue weighted by molar-refractivity contribution is 0.144. The fourth-order valence-electron chi connectivity index (χ4n) is 1.67. The molecule has 0 radical (unpaired) electrons. The molecular formula is C12H16O3. The van der Waals surface area contributed by atoms with E-state index in [9.17, 15) is 4.79 Å². The van der Waals surface area contributed by atoms with Crippen molar-refractivity contribution in [3.8, 4) is 5.75 Å². The predicted octanol–water partition coefficient (Wildman–Crippen LogP) is 3.57. The summed E-state index contributed by atoms with van der Waals surface area (Å²) in [5, 5.41) is 8.61. The van der Waals surface area contributed by atoms with Crippen molar-refractivity contribution in [2.24, 2.45) is 0 Å². The van der Waals surface area contributed by atoms with E-state index in [1.807, 2.05) is 13.0 Å². The molecule has 1 unspecified atom stereocenters. The number of ether oxygens (including phenoxy) is 1. The Bertz CT molecular complexity index is 358. The highest BCUT2D eigenvalue weighted by atomic mass is 16.7. The maximum atomic E-state index is 10.5. The lowest BCUT2D eigenvalue weighted by Crippen LogP contribution is -2.07. The first-order valence-electron chi connectivity index (χ1n) is 5.06. The van der Waals surface area contributed by atoms with Crippen molar-refractivity contribution in [1.82, 2.24) is 0 Å². The van der Waals surface area contributed by atoms with Crippen molar-refractivity contribution in [2.75, 3.05) is 0 Å². The Balaban J connectivity index is 3.13. The van der Waals surface area contributed by atoms with Gasteiger partial charge in [0.2, 0.25) is 0 Å². The molecule has 0 amide bonds. The van der Waals surface area contributed by atoms with Crippen LogP contribution in [-0.2, 0) is 0 Å². The molecule has 0 fully saturated rings. The van der Waals surface area contributed by atoms with Crippen LogP contribution in [-0.4, -0.2) is 11.3 Å². The normalized spacial score (nSPS) is 12.2. The first kappa shape index (κ1) is 11.6. The lowest BCUT2D eigenvalue weighted by atomic mass is 9.93. The minimum absolute atomic E-state index is 0.306. The summed E-state index contributed by atoms with van der Waals surface area (Å²) in [5.74, 6) is 0.761. The Labute approximate surface area is 89.7 Å². The predicted molar refractivity (Wildman–Crippen MR) is 58.5 cm³/mol. The van der Waals surface area contributed by atoms with Crippen LogP contribution in [0.5, 0.6) is 5.75 Å². The molecule has 1 rings (SSSR count). The van der Waals surface area contributed by atoms with Gasteiger partial charge in [-0.2, -0.15) is 0 Å². The van der Waals surface area contributed by atoms with E-state index in [0.717, 1.165) is 17.5 Å². The van der Waals surface area contributed by atoms with Gasteiger partial charge in [-0.05, 0) is 30.9 Å². The largest absolute Gasteiger partial charge is 0.511 e. The summed E-state index contributed by atoms with van der Waals surface area (Å²) in [7, 11) is 0. The number of hydrogen-bond acceptors (Lipinski definition) is 2. The van der Waals surface area contributed by atoms with E-state index in [1.54, 1.807) is 12.1 Å². The summed E-state index contributed by atoms with van der Waals surface area (Å²) < 4.78 is 4.77. The van der Waals surface area contributed by atoms with Crippen LogP contribution in [0.3, 0.4) is 0 Å². The fraction of sp³-hybridized carbons (Fsp3) is 0.417. The van der Waals surface area contributed by atoms with Crippen LogP contribution >= 0.6 is 0 Å². The third kappa shape index (κ3) is 2.72. The van der Waals surface area contributed by atoms with Gasteiger partial charge in [0, 0.05) is 5.56 Å². The van der Waals surface area contributed by atoms with Crippen LogP contribution in [0.15, 0.2) is 18.2 Å². The molecule has 0 aromatic heterocycles. The van der Waals surface area contributed by atoms with E-state index in [0.29, 0.717) is 11.7 Å². The molecule has 15 heavy (non-hydrogen) atoms. The number of carboxylic acid groups (broad SMARTS) is 1. The highest BCUT2D eigenvalue weighted by Gasteiger charge is 2.14. The topological polar surface area (TPSA) is 46.5 Å². The second-order valence-corrected chi connectivity index (χ2v) is 3.66. The molecule has 0 spiro atoms. The smallest absolute Gasteiger partial charge is 0.449 e. The van der Waals surface area contributed by atoms with Gasteiger partial charge in [0.1, 0.15) is 5.75 Å². The van der Waals surface area contributed by atoms with E-state index < -0.39 is 6.16 Å². The van der Waals surface area contributed by atoms with Gasteiger partial charge in [0.25, 0.3) is 0 Å². The highest BCUT2D eigenvalue weighted by molar-refractivity contribution is 5.62. The maximum Gasteiger partial charge on any atom is 0.511 e. The molecule has 1 aromatic carbocycles. The second kappa shape index (κ2) is 4.82. The Kier molecular flexibility index (Phi) is 3.72. The van der Waals surface area contributed by atoms with Gasteiger partial charge in [-0.3, -0.25) is 0 Å². The first-order valence-corrected chi connectivity index (χ1v) is 5.06. The van der Waals surface area contributed by atoms with Crippen molar-refractivity contribution in [3.05, 3.63) is 29.3 Å². The van der Waals surface area contributed by atoms with Crippen molar-refractivity contribution < 1.29 is 14.6 Å². The van der Waals surface area contributed by atoms with Gasteiger partial charge in [-0.1, -0.05) is 26.0 Å². The molecule has 0 saturated heterocycles. The molecule has 82 valence electrons. The van der Waals surface area contributed by atoms with E-state index in [4.69, 9.17) is 9.84 Å². The zero-order valence-corrected chi connectivity index (χ0v) is 9.28. The monoisotopic (exact) mass is 208 g/mol. The van der Waals surface area contributed by atoms with Crippen molar-refractivity contribution in [2.45, 2.75) is 33.1 Å². The van der Waals surface area contributed by atoms with Gasteiger partial charge >= 0.3 is 6.16 Å². The zero-order chi connectivity index (χ0) is 11.4. The minimum atomic E-state index is -1.26. The molecule has 1 N–H and O–H groups in total. The standard InChI is InChI=1S/C12H16O3/c1-4-8(2)11-9(3)6-5-7-10(11)15-12(13)14/h5-8H,4H2,1-3H3,(H,13,14). The fourth-order valence-corrected chi connectivity index (χ4v) is 1.67. The van der Waals surface area contributed by atoms with Crippen LogP contribution in [0.1, 0.15) is 37.3 Å². The van der Waals surface area contributed by atoms with Gasteiger partial charge in [-0.15, -0.1) is 0 Å². The SMILES string of the molecule is CCC(C)c1c(C)cccc1OC(=O)O. The first-order chi connectivity index (χ1) is 7.06. The van der Waals surface area contributed by atoms with Gasteiger partial charge in [-0.25, -0.2) is 4.79 Å². The zero-order valence-electron chi connectivity index (χ0n) is 9.28. The van der Waals surface area contributed by atoms with Crippen LogP contribution < -0.4 is 4.74 Å². The molecule has 0 aliphatic heterocycles. The molecule has 3 heteroatoms. The summed E-state index contributed by atoms with van der Waals surface area (Å²) in [6, 6.07) is 5.47. The molecule has 0 bridgehead atoms. The molecule has 3 nitrogen and oxygen atoms in total. The van der Waals surface area contributed by atoms with E-state index in [-0.39, 0.29) is 0 Å². The Morgan fingerprint density at radius 3 is 2.73 bits per heavy atom. The molecule has 0 aliphatic carbocycles. The molecule has 1 atom stereocenters. The summed E-state index contributed by atoms with van der Waals surface area (Å²) in [6.07, 6.45) is -0.300. The quantitative estimate of drug-likeness (QED) is 0.610. The van der Waals surface area contributed by atoms with E-state index >= 15 is 0 Å². The molecular weight excluding hydrogens is 192 g/mol. The number of benzene rings is 1. The van der Waals surface area contributed by atoms with Crippen LogP contribution in [0.2, 0.25) is 0 Å². The molecule has 1 aromatic rings. The summed E-state index contributed by atoms with van der Waals surface area (Å²) >= 11 is 0. The van der Waals surface area contributed by atoms with Crippen LogP contribution in [0.25, 0.3) is 0 Å². The Morgan fingerprint density at radius 1 is 1.53 bits per heavy atom. The average molecular weight is 208 g/mol. The van der Waals surface area contributed by atoms with Crippen molar-refractivity contribution in [1.29, 1.82) is 0 Å². The number of rotatable bonds is 3. The second-order valence-electron chi connectivity index (χ2n) is 3.66. The minimum Gasteiger partial charge on any atom is -0.449 e. The van der Waals surface area contributed by atoms with Gasteiger partial charge in [0.05, 0.1) is 0 Å². The average Bonchev–Trinajstić information content (AvgIpc) is 2.16. The number of carbonyl (C=O) groups is 1. The number of hydrogen-bond donors (Lipinski definition) is 1. The Morgan fingerprint density at radius 2 is 2.20 bits per heavy atom. The third-order valence-corrected chi connectivity index (χ3v) is 2.59. The molecule has 0 aliphatic rings. The third-order valence-electron chi connectivity index (χ3n) is 2.59. The van der Waals surface area contributed by atoms with Crippen molar-refractivity contribution >= 4 is 6.16 Å². The Hall–Kier alpha value is -1.51. The van der Waals surface area contributed by atoms with Gasteiger partial charge in [0.15, 0.2) is 0 Å².